The number of nitrogens with zero attached hydrogens (tertiary/aromatic N) is 1. The molecule has 0 amide bonds. The molecule has 0 saturated carbocycles. The van der Waals surface area contributed by atoms with E-state index >= 15 is 0 Å². The van der Waals surface area contributed by atoms with Crippen LogP contribution in [0.1, 0.15) is 37.5 Å². The van der Waals surface area contributed by atoms with E-state index in [0.29, 0.717) is 17.1 Å². The van der Waals surface area contributed by atoms with Crippen molar-refractivity contribution in [2.45, 2.75) is 26.2 Å². The number of rotatable bonds is 6. The van der Waals surface area contributed by atoms with Crippen LogP contribution in [0.25, 0.3) is 17.8 Å². The standard InChI is InChI=1S/C24H27N3O5S.K/c1-24(2,3)20-15-19(27-13-12-21(28)25-23(27)29)14-17(22(20)32-4)9-6-16-7-10-18(11-8-16)26-33(5,30)31;/h6-15,26H,1-5H3,(H,25,28,29);/b9-6+;. The molecule has 0 bridgehead atoms. The van der Waals surface area contributed by atoms with Crippen molar-refractivity contribution in [1.29, 1.82) is 0 Å². The SMILES string of the molecule is COc1c(/C=C/c2ccc(NS(C)(=O)=O)cc2)cc(-n2ccc(=O)[nH]c2=O)cc1C(C)(C)C.[K]. The number of sulfonamides is 1. The van der Waals surface area contributed by atoms with Crippen molar-refractivity contribution in [3.63, 3.8) is 0 Å². The van der Waals surface area contributed by atoms with Gasteiger partial charge >= 0.3 is 5.69 Å². The molecule has 3 rings (SSSR count). The normalized spacial score (nSPS) is 11.8. The van der Waals surface area contributed by atoms with Crippen LogP contribution < -0.4 is 20.7 Å². The molecule has 2 aromatic carbocycles. The third-order valence-corrected chi connectivity index (χ3v) is 5.49. The van der Waals surface area contributed by atoms with Crippen LogP contribution in [-0.4, -0.2) is 82.7 Å². The Morgan fingerprint density at radius 2 is 1.68 bits per heavy atom. The van der Waals surface area contributed by atoms with Crippen LogP contribution in [0.2, 0.25) is 0 Å². The first kappa shape index (κ1) is 28.3. The van der Waals surface area contributed by atoms with Gasteiger partial charge in [0.15, 0.2) is 0 Å². The molecule has 0 spiro atoms. The predicted molar refractivity (Wildman–Crippen MR) is 138 cm³/mol. The molecule has 10 heteroatoms. The van der Waals surface area contributed by atoms with Gasteiger partial charge in [-0.2, -0.15) is 0 Å². The summed E-state index contributed by atoms with van der Waals surface area (Å²) in [5, 5.41) is 0. The van der Waals surface area contributed by atoms with E-state index in [1.165, 1.54) is 16.8 Å². The van der Waals surface area contributed by atoms with Gasteiger partial charge in [0.2, 0.25) is 10.0 Å². The van der Waals surface area contributed by atoms with Gasteiger partial charge in [-0.3, -0.25) is 19.1 Å². The van der Waals surface area contributed by atoms with Crippen molar-refractivity contribution in [2.75, 3.05) is 18.1 Å². The Kier molecular flexibility index (Phi) is 9.31. The van der Waals surface area contributed by atoms with Gasteiger partial charge in [0.1, 0.15) is 5.75 Å². The third-order valence-electron chi connectivity index (χ3n) is 4.89. The largest absolute Gasteiger partial charge is 0.496 e. The van der Waals surface area contributed by atoms with Crippen LogP contribution in [0.5, 0.6) is 5.75 Å². The molecule has 3 aromatic rings. The maximum atomic E-state index is 12.4. The summed E-state index contributed by atoms with van der Waals surface area (Å²) in [7, 11) is -1.75. The first-order valence-electron chi connectivity index (χ1n) is 10.2. The fourth-order valence-electron chi connectivity index (χ4n) is 3.37. The summed E-state index contributed by atoms with van der Waals surface area (Å²) in [5.41, 5.74) is 2.28. The summed E-state index contributed by atoms with van der Waals surface area (Å²) in [6, 6.07) is 11.9. The Morgan fingerprint density at radius 1 is 1.03 bits per heavy atom. The molecule has 0 saturated heterocycles. The molecule has 0 aliphatic heterocycles. The van der Waals surface area contributed by atoms with Gasteiger partial charge in [0.05, 0.1) is 19.1 Å². The minimum absolute atomic E-state index is 0. The van der Waals surface area contributed by atoms with Crippen LogP contribution in [-0.2, 0) is 15.4 Å². The minimum Gasteiger partial charge on any atom is -0.496 e. The summed E-state index contributed by atoms with van der Waals surface area (Å²) in [6.45, 7) is 6.14. The van der Waals surface area contributed by atoms with Crippen molar-refractivity contribution in [3.05, 3.63) is 86.2 Å². The van der Waals surface area contributed by atoms with Crippen molar-refractivity contribution < 1.29 is 13.2 Å². The molecular weight excluding hydrogens is 481 g/mol. The quantitative estimate of drug-likeness (QED) is 0.393. The molecule has 0 atom stereocenters. The summed E-state index contributed by atoms with van der Waals surface area (Å²) < 4.78 is 32.3. The first-order chi connectivity index (χ1) is 15.4. The minimum atomic E-state index is -3.34. The van der Waals surface area contributed by atoms with Crippen molar-refractivity contribution in [2.24, 2.45) is 0 Å². The maximum absolute atomic E-state index is 12.4. The van der Waals surface area contributed by atoms with E-state index in [1.54, 1.807) is 31.4 Å². The second-order valence-electron chi connectivity index (χ2n) is 8.68. The van der Waals surface area contributed by atoms with Crippen LogP contribution in [0, 0.1) is 0 Å². The van der Waals surface area contributed by atoms with E-state index in [9.17, 15) is 18.0 Å². The zero-order valence-electron chi connectivity index (χ0n) is 20.2. The molecular formula is C24H27KN3O5S. The molecule has 2 N–H and O–H groups in total. The van der Waals surface area contributed by atoms with Gasteiger partial charge in [0.25, 0.3) is 5.56 Å². The van der Waals surface area contributed by atoms with Crippen molar-refractivity contribution >= 4 is 79.2 Å². The Bertz CT molecular complexity index is 1420. The number of hydrogen-bond acceptors (Lipinski definition) is 5. The number of nitrogens with one attached hydrogen (secondary N) is 2. The molecule has 1 radical (unpaired) electrons. The summed E-state index contributed by atoms with van der Waals surface area (Å²) in [5.74, 6) is 0.676. The number of hydrogen-bond donors (Lipinski definition) is 2. The van der Waals surface area contributed by atoms with Crippen molar-refractivity contribution in [1.82, 2.24) is 9.55 Å². The molecule has 34 heavy (non-hydrogen) atoms. The zero-order valence-corrected chi connectivity index (χ0v) is 24.1. The van der Waals surface area contributed by atoms with Crippen LogP contribution in [0.3, 0.4) is 0 Å². The van der Waals surface area contributed by atoms with Gasteiger partial charge in [-0.25, -0.2) is 13.2 Å². The Hall–Kier alpha value is -1.95. The monoisotopic (exact) mass is 508 g/mol. The van der Waals surface area contributed by atoms with E-state index in [2.05, 4.69) is 9.71 Å². The molecule has 1 heterocycles. The number of aromatic amines is 1. The molecule has 175 valence electrons. The average molecular weight is 509 g/mol. The number of ether oxygens (including phenoxy) is 1. The molecule has 0 unspecified atom stereocenters. The van der Waals surface area contributed by atoms with E-state index in [-0.39, 0.29) is 56.8 Å². The van der Waals surface area contributed by atoms with E-state index < -0.39 is 21.3 Å². The number of anilines is 1. The fourth-order valence-corrected chi connectivity index (χ4v) is 3.93. The van der Waals surface area contributed by atoms with Gasteiger partial charge < -0.3 is 4.74 Å². The molecule has 8 nitrogen and oxygen atoms in total. The smallest absolute Gasteiger partial charge is 0.332 e. The Balaban J connectivity index is 0.00000408. The van der Waals surface area contributed by atoms with Crippen molar-refractivity contribution in [3.8, 4) is 11.4 Å². The Labute approximate surface area is 241 Å². The molecule has 0 aliphatic rings. The third kappa shape index (κ3) is 7.27. The van der Waals surface area contributed by atoms with E-state index in [0.717, 1.165) is 22.9 Å². The average Bonchev–Trinajstić information content (AvgIpc) is 2.71. The topological polar surface area (TPSA) is 110 Å². The maximum Gasteiger partial charge on any atom is 0.332 e. The van der Waals surface area contributed by atoms with E-state index in [4.69, 9.17) is 4.74 Å². The zero-order chi connectivity index (χ0) is 24.4. The Morgan fingerprint density at radius 3 is 2.21 bits per heavy atom. The first-order valence-corrected chi connectivity index (χ1v) is 12.1. The number of benzene rings is 2. The fraction of sp³-hybridized carbons (Fsp3) is 0.250. The summed E-state index contributed by atoms with van der Waals surface area (Å²) >= 11 is 0. The van der Waals surface area contributed by atoms with Gasteiger partial charge in [0, 0.05) is 80.5 Å². The van der Waals surface area contributed by atoms with Gasteiger partial charge in [-0.05, 0) is 35.2 Å². The molecule has 0 aliphatic carbocycles. The van der Waals surface area contributed by atoms with Crippen LogP contribution in [0.15, 0.2) is 58.3 Å². The van der Waals surface area contributed by atoms with Crippen LogP contribution in [0.4, 0.5) is 5.69 Å². The molecule has 0 fully saturated rings. The van der Waals surface area contributed by atoms with Gasteiger partial charge in [-0.1, -0.05) is 45.1 Å². The second-order valence-corrected chi connectivity index (χ2v) is 10.4. The number of aromatic nitrogens is 2. The van der Waals surface area contributed by atoms with Crippen LogP contribution >= 0.6 is 0 Å². The van der Waals surface area contributed by atoms with E-state index in [1.807, 2.05) is 45.1 Å². The molecule has 1 aromatic heterocycles. The summed E-state index contributed by atoms with van der Waals surface area (Å²) in [6.07, 6.45) is 6.28. The summed E-state index contributed by atoms with van der Waals surface area (Å²) in [4.78, 5) is 26.2. The number of H-pyrrole nitrogens is 1. The predicted octanol–water partition coefficient (Wildman–Crippen LogP) is 2.99. The second kappa shape index (κ2) is 11.2. The number of methoxy groups -OCH3 is 1. The van der Waals surface area contributed by atoms with Gasteiger partial charge in [-0.15, -0.1) is 0 Å².